The van der Waals surface area contributed by atoms with Crippen LogP contribution in [-0.2, 0) is 0 Å². The maximum atomic E-state index is 13.1. The zero-order valence-corrected chi connectivity index (χ0v) is 18.3. The van der Waals surface area contributed by atoms with Gasteiger partial charge >= 0.3 is 0 Å². The fourth-order valence-corrected chi connectivity index (χ4v) is 3.72. The van der Waals surface area contributed by atoms with E-state index in [1.165, 1.54) is 0 Å². The molecule has 0 saturated carbocycles. The first-order chi connectivity index (χ1) is 16.1. The van der Waals surface area contributed by atoms with E-state index in [0.717, 1.165) is 22.2 Å². The summed E-state index contributed by atoms with van der Waals surface area (Å²) in [5.74, 6) is 2.24. The molecule has 2 aromatic heterocycles. The Labute approximate surface area is 191 Å². The number of pyridine rings is 1. The van der Waals surface area contributed by atoms with Crippen LogP contribution in [0.3, 0.4) is 0 Å². The van der Waals surface area contributed by atoms with E-state index in [1.807, 2.05) is 86.6 Å². The van der Waals surface area contributed by atoms with Gasteiger partial charge in [0.1, 0.15) is 17.3 Å². The highest BCUT2D eigenvalue weighted by molar-refractivity contribution is 6.04. The first kappa shape index (κ1) is 20.5. The molecule has 33 heavy (non-hydrogen) atoms. The third kappa shape index (κ3) is 4.32. The highest BCUT2D eigenvalue weighted by Crippen LogP contribution is 2.24. The Hall–Kier alpha value is -4.45. The van der Waals surface area contributed by atoms with Crippen LogP contribution in [0.15, 0.2) is 91.0 Å². The molecule has 162 valence electrons. The quantitative estimate of drug-likeness (QED) is 0.364. The number of para-hydroxylation sites is 2. The maximum Gasteiger partial charge on any atom is 0.256 e. The minimum absolute atomic E-state index is 0.257. The number of benzene rings is 3. The Balaban J connectivity index is 1.43. The molecule has 0 atom stereocenters. The Kier molecular flexibility index (Phi) is 5.32. The van der Waals surface area contributed by atoms with E-state index in [2.05, 4.69) is 10.4 Å². The van der Waals surface area contributed by atoms with Crippen molar-refractivity contribution in [3.63, 3.8) is 0 Å². The van der Waals surface area contributed by atoms with Gasteiger partial charge in [0.25, 0.3) is 5.91 Å². The molecule has 0 bridgehead atoms. The number of carbonyl (C=O) groups is 1. The summed E-state index contributed by atoms with van der Waals surface area (Å²) in [7, 11) is 0. The summed E-state index contributed by atoms with van der Waals surface area (Å²) in [6, 6.07) is 28.3. The van der Waals surface area contributed by atoms with Crippen LogP contribution in [0.4, 0.5) is 5.82 Å². The van der Waals surface area contributed by atoms with Crippen molar-refractivity contribution in [2.45, 2.75) is 13.8 Å². The molecular formula is C27H22N4O2. The number of fused-ring (bicyclic) bond motifs is 1. The number of hydrogen-bond acceptors (Lipinski definition) is 4. The Bertz CT molecular complexity index is 1460. The smallest absolute Gasteiger partial charge is 0.256 e. The molecule has 6 nitrogen and oxygen atoms in total. The fraction of sp³-hybridized carbons (Fsp3) is 0.0741. The van der Waals surface area contributed by atoms with Crippen LogP contribution in [0.2, 0.25) is 0 Å². The number of anilines is 1. The molecule has 2 heterocycles. The highest BCUT2D eigenvalue weighted by Gasteiger charge is 2.15. The molecule has 5 aromatic rings. The number of hydrogen-bond donors (Lipinski definition) is 1. The Morgan fingerprint density at radius 1 is 0.848 bits per heavy atom. The molecule has 0 aliphatic carbocycles. The highest BCUT2D eigenvalue weighted by atomic mass is 16.5. The summed E-state index contributed by atoms with van der Waals surface area (Å²) >= 11 is 0. The van der Waals surface area contributed by atoms with Crippen molar-refractivity contribution in [3.8, 4) is 17.3 Å². The molecule has 0 spiro atoms. The molecule has 0 saturated heterocycles. The molecule has 0 fully saturated rings. The Morgan fingerprint density at radius 3 is 2.45 bits per heavy atom. The van der Waals surface area contributed by atoms with Gasteiger partial charge in [-0.2, -0.15) is 9.78 Å². The van der Waals surface area contributed by atoms with Crippen molar-refractivity contribution < 1.29 is 9.53 Å². The maximum absolute atomic E-state index is 13.1. The summed E-state index contributed by atoms with van der Waals surface area (Å²) < 4.78 is 7.53. The van der Waals surface area contributed by atoms with E-state index in [9.17, 15) is 4.79 Å². The SMILES string of the molecule is Cc1cc(NC(=O)c2cccc(Oc3ccccc3)c2)n(-c2cc(C)c3ccccc3n2)n1. The normalized spacial score (nSPS) is 10.8. The van der Waals surface area contributed by atoms with Gasteiger partial charge in [-0.15, -0.1) is 0 Å². The van der Waals surface area contributed by atoms with Crippen LogP contribution in [0, 0.1) is 13.8 Å². The van der Waals surface area contributed by atoms with E-state index in [-0.39, 0.29) is 5.91 Å². The van der Waals surface area contributed by atoms with Gasteiger partial charge in [0.05, 0.1) is 11.2 Å². The number of nitrogens with zero attached hydrogens (tertiary/aromatic N) is 3. The second-order valence-corrected chi connectivity index (χ2v) is 7.79. The Morgan fingerprint density at radius 2 is 1.61 bits per heavy atom. The predicted molar refractivity (Wildman–Crippen MR) is 129 cm³/mol. The lowest BCUT2D eigenvalue weighted by Gasteiger charge is -2.11. The van der Waals surface area contributed by atoms with Crippen molar-refractivity contribution >= 4 is 22.6 Å². The van der Waals surface area contributed by atoms with Crippen LogP contribution >= 0.6 is 0 Å². The number of aromatic nitrogens is 3. The number of amides is 1. The van der Waals surface area contributed by atoms with E-state index in [4.69, 9.17) is 9.72 Å². The van der Waals surface area contributed by atoms with E-state index < -0.39 is 0 Å². The van der Waals surface area contributed by atoms with Crippen LogP contribution in [0.5, 0.6) is 11.5 Å². The van der Waals surface area contributed by atoms with Gasteiger partial charge in [0.2, 0.25) is 0 Å². The number of aryl methyl sites for hydroxylation is 2. The average molecular weight is 434 g/mol. The third-order valence-corrected chi connectivity index (χ3v) is 5.27. The van der Waals surface area contributed by atoms with Gasteiger partial charge < -0.3 is 10.1 Å². The first-order valence-corrected chi connectivity index (χ1v) is 10.6. The molecule has 0 unspecified atom stereocenters. The minimum atomic E-state index is -0.257. The summed E-state index contributed by atoms with van der Waals surface area (Å²) in [4.78, 5) is 17.8. The van der Waals surface area contributed by atoms with Crippen molar-refractivity contribution in [1.29, 1.82) is 0 Å². The summed E-state index contributed by atoms with van der Waals surface area (Å²) in [6.07, 6.45) is 0. The molecule has 0 radical (unpaired) electrons. The predicted octanol–water partition coefficient (Wildman–Crippen LogP) is 6.08. The second kappa shape index (κ2) is 8.59. The summed E-state index contributed by atoms with van der Waals surface area (Å²) in [5, 5.41) is 8.62. The van der Waals surface area contributed by atoms with Gasteiger partial charge in [-0.1, -0.05) is 42.5 Å². The molecule has 0 aliphatic heterocycles. The summed E-state index contributed by atoms with van der Waals surface area (Å²) in [6.45, 7) is 3.93. The van der Waals surface area contributed by atoms with E-state index >= 15 is 0 Å². The monoisotopic (exact) mass is 434 g/mol. The third-order valence-electron chi connectivity index (χ3n) is 5.27. The van der Waals surface area contributed by atoms with Gasteiger partial charge in [0, 0.05) is 17.0 Å². The molecular weight excluding hydrogens is 412 g/mol. The standard InChI is InChI=1S/C27H22N4O2/c1-18-15-25(28-24-14-7-6-13-23(18)24)31-26(16-19(2)30-31)29-27(32)20-9-8-12-22(17-20)33-21-10-4-3-5-11-21/h3-17H,1-2H3,(H,29,32). The van der Waals surface area contributed by atoms with Gasteiger partial charge in [-0.3, -0.25) is 4.79 Å². The molecule has 1 N–H and O–H groups in total. The number of rotatable bonds is 5. The number of nitrogens with one attached hydrogen (secondary N) is 1. The van der Waals surface area contributed by atoms with Crippen molar-refractivity contribution in [3.05, 3.63) is 108 Å². The zero-order valence-electron chi connectivity index (χ0n) is 18.3. The number of ether oxygens (including phenoxy) is 1. The van der Waals surface area contributed by atoms with Gasteiger partial charge in [-0.05, 0) is 61.9 Å². The average Bonchev–Trinajstić information content (AvgIpc) is 3.20. The van der Waals surface area contributed by atoms with Crippen molar-refractivity contribution in [2.75, 3.05) is 5.32 Å². The molecule has 1 amide bonds. The lowest BCUT2D eigenvalue weighted by Crippen LogP contribution is -2.15. The summed E-state index contributed by atoms with van der Waals surface area (Å²) in [5.41, 5.74) is 3.23. The van der Waals surface area contributed by atoms with E-state index in [0.29, 0.717) is 28.7 Å². The first-order valence-electron chi connectivity index (χ1n) is 10.6. The zero-order chi connectivity index (χ0) is 22.8. The van der Waals surface area contributed by atoms with Crippen LogP contribution in [0.1, 0.15) is 21.6 Å². The van der Waals surface area contributed by atoms with Gasteiger partial charge in [0.15, 0.2) is 5.82 Å². The fourth-order valence-electron chi connectivity index (χ4n) is 3.72. The van der Waals surface area contributed by atoms with Crippen molar-refractivity contribution in [1.82, 2.24) is 14.8 Å². The van der Waals surface area contributed by atoms with Crippen LogP contribution in [0.25, 0.3) is 16.7 Å². The lowest BCUT2D eigenvalue weighted by molar-refractivity contribution is 0.102. The van der Waals surface area contributed by atoms with Crippen LogP contribution < -0.4 is 10.1 Å². The van der Waals surface area contributed by atoms with Crippen molar-refractivity contribution in [2.24, 2.45) is 0 Å². The van der Waals surface area contributed by atoms with Gasteiger partial charge in [-0.25, -0.2) is 4.98 Å². The molecule has 5 rings (SSSR count). The topological polar surface area (TPSA) is 69.0 Å². The number of carbonyl (C=O) groups excluding carboxylic acids is 1. The molecule has 0 aliphatic rings. The second-order valence-electron chi connectivity index (χ2n) is 7.79. The molecule has 3 aromatic carbocycles. The largest absolute Gasteiger partial charge is 0.457 e. The lowest BCUT2D eigenvalue weighted by atomic mass is 10.1. The van der Waals surface area contributed by atoms with Crippen LogP contribution in [-0.4, -0.2) is 20.7 Å². The molecule has 6 heteroatoms. The van der Waals surface area contributed by atoms with E-state index in [1.54, 1.807) is 22.9 Å². The minimum Gasteiger partial charge on any atom is -0.457 e.